The van der Waals surface area contributed by atoms with Gasteiger partial charge in [0.15, 0.2) is 0 Å². The Morgan fingerprint density at radius 1 is 1.00 bits per heavy atom. The van der Waals surface area contributed by atoms with Crippen molar-refractivity contribution in [1.29, 1.82) is 0 Å². The van der Waals surface area contributed by atoms with Crippen LogP contribution in [0.2, 0.25) is 0 Å². The Bertz CT molecular complexity index is 633. The van der Waals surface area contributed by atoms with Crippen LogP contribution in [0.15, 0.2) is 53.6 Å². The number of aryl methyl sites for hydroxylation is 1. The molecule has 0 saturated carbocycles. The van der Waals surface area contributed by atoms with E-state index in [2.05, 4.69) is 35.6 Å². The molecule has 0 unspecified atom stereocenters. The molecule has 0 bridgehead atoms. The number of nitrogens with zero attached hydrogens (tertiary/aromatic N) is 2. The highest BCUT2D eigenvalue weighted by Crippen LogP contribution is 2.29. The third-order valence-electron chi connectivity index (χ3n) is 3.97. The maximum absolute atomic E-state index is 4.87. The van der Waals surface area contributed by atoms with Crippen LogP contribution in [0, 0.1) is 0 Å². The van der Waals surface area contributed by atoms with Crippen LogP contribution in [0.3, 0.4) is 0 Å². The molecule has 108 valence electrons. The van der Waals surface area contributed by atoms with Crippen LogP contribution in [0.25, 0.3) is 0 Å². The maximum atomic E-state index is 4.87. The zero-order valence-corrected chi connectivity index (χ0v) is 12.6. The van der Waals surface area contributed by atoms with Crippen LogP contribution >= 0.6 is 0 Å². The van der Waals surface area contributed by atoms with Crippen molar-refractivity contribution in [3.05, 3.63) is 59.7 Å². The first kappa shape index (κ1) is 13.7. The normalized spacial score (nSPS) is 15.6. The molecule has 0 spiro atoms. The van der Waals surface area contributed by atoms with Gasteiger partial charge in [-0.05, 0) is 43.0 Å². The lowest BCUT2D eigenvalue weighted by molar-refractivity contribution is 0.830. The average molecular weight is 279 g/mol. The molecule has 0 heterocycles. The van der Waals surface area contributed by atoms with Crippen LogP contribution in [-0.4, -0.2) is 19.8 Å². The largest absolute Gasteiger partial charge is 0.388 e. The summed E-state index contributed by atoms with van der Waals surface area (Å²) in [5.41, 5.74) is 6.14. The molecule has 0 aromatic heterocycles. The van der Waals surface area contributed by atoms with Gasteiger partial charge in [-0.3, -0.25) is 5.01 Å². The summed E-state index contributed by atoms with van der Waals surface area (Å²) in [5.74, 6) is 0. The van der Waals surface area contributed by atoms with Crippen LogP contribution in [0.5, 0.6) is 0 Å². The highest BCUT2D eigenvalue weighted by molar-refractivity contribution is 6.07. The van der Waals surface area contributed by atoms with Gasteiger partial charge < -0.3 is 5.32 Å². The number of hydrazone groups is 1. The smallest absolute Gasteiger partial charge is 0.0705 e. The second-order valence-corrected chi connectivity index (χ2v) is 5.35. The Hall–Kier alpha value is -2.29. The zero-order valence-electron chi connectivity index (χ0n) is 12.6. The molecule has 0 aliphatic heterocycles. The van der Waals surface area contributed by atoms with Crippen molar-refractivity contribution in [2.75, 3.05) is 24.4 Å². The molecule has 2 aromatic rings. The summed E-state index contributed by atoms with van der Waals surface area (Å²) >= 11 is 0. The van der Waals surface area contributed by atoms with Gasteiger partial charge in [0.25, 0.3) is 0 Å². The van der Waals surface area contributed by atoms with E-state index in [1.807, 2.05) is 37.3 Å². The second-order valence-electron chi connectivity index (χ2n) is 5.35. The van der Waals surface area contributed by atoms with Gasteiger partial charge in [0.2, 0.25) is 0 Å². The maximum Gasteiger partial charge on any atom is 0.0705 e. The predicted octanol–water partition coefficient (Wildman–Crippen LogP) is 3.91. The fraction of sp³-hybridized carbons (Fsp3) is 0.278. The van der Waals surface area contributed by atoms with Crippen LogP contribution in [0.1, 0.15) is 24.0 Å². The third-order valence-corrected chi connectivity index (χ3v) is 3.97. The van der Waals surface area contributed by atoms with E-state index in [9.17, 15) is 0 Å². The Labute approximate surface area is 126 Å². The summed E-state index contributed by atoms with van der Waals surface area (Å²) in [6.07, 6.45) is 3.34. The van der Waals surface area contributed by atoms with Crippen molar-refractivity contribution in [3.8, 4) is 0 Å². The lowest BCUT2D eigenvalue weighted by atomic mass is 9.89. The number of rotatable bonds is 3. The molecule has 0 atom stereocenters. The fourth-order valence-electron chi connectivity index (χ4n) is 2.91. The van der Waals surface area contributed by atoms with Crippen LogP contribution < -0.4 is 10.3 Å². The average Bonchev–Trinajstić information content (AvgIpc) is 2.55. The topological polar surface area (TPSA) is 27.6 Å². The van der Waals surface area contributed by atoms with Crippen molar-refractivity contribution >= 4 is 17.1 Å². The summed E-state index contributed by atoms with van der Waals surface area (Å²) < 4.78 is 0. The Morgan fingerprint density at radius 3 is 2.57 bits per heavy atom. The molecule has 3 heteroatoms. The minimum Gasteiger partial charge on any atom is -0.388 e. The number of benzene rings is 2. The first-order valence-corrected chi connectivity index (χ1v) is 7.46. The van der Waals surface area contributed by atoms with Crippen LogP contribution in [-0.2, 0) is 6.42 Å². The molecular weight excluding hydrogens is 258 g/mol. The number of hydrogen-bond donors (Lipinski definition) is 1. The Kier molecular flexibility index (Phi) is 3.91. The van der Waals surface area contributed by atoms with E-state index >= 15 is 0 Å². The van der Waals surface area contributed by atoms with E-state index in [1.165, 1.54) is 28.9 Å². The van der Waals surface area contributed by atoms with Crippen molar-refractivity contribution in [2.45, 2.75) is 19.3 Å². The molecule has 1 N–H and O–H groups in total. The van der Waals surface area contributed by atoms with E-state index < -0.39 is 0 Å². The minimum absolute atomic E-state index is 1.03. The summed E-state index contributed by atoms with van der Waals surface area (Å²) in [6, 6.07) is 16.7. The predicted molar refractivity (Wildman–Crippen MR) is 90.3 cm³/mol. The number of nitrogens with one attached hydrogen (secondary N) is 1. The molecule has 0 amide bonds. The Balaban J connectivity index is 2.00. The lowest BCUT2D eigenvalue weighted by Crippen LogP contribution is -2.19. The standard InChI is InChI=1S/C18H21N3/c1-19-16-12-6-8-14-9-7-13-17(18(14)16)20-21(2)15-10-4-3-5-11-15/h3-6,8,10-12,19H,7,9,13H2,1-2H3/b20-17+. The Morgan fingerprint density at radius 2 is 1.81 bits per heavy atom. The number of para-hydroxylation sites is 1. The molecule has 1 aliphatic carbocycles. The third kappa shape index (κ3) is 2.77. The molecule has 2 aromatic carbocycles. The summed E-state index contributed by atoms with van der Waals surface area (Å²) in [5, 5.41) is 10.1. The molecule has 3 nitrogen and oxygen atoms in total. The van der Waals surface area contributed by atoms with E-state index in [4.69, 9.17) is 5.10 Å². The highest BCUT2D eigenvalue weighted by Gasteiger charge is 2.19. The molecule has 3 rings (SSSR count). The zero-order chi connectivity index (χ0) is 14.7. The van der Waals surface area contributed by atoms with Crippen molar-refractivity contribution < 1.29 is 0 Å². The van der Waals surface area contributed by atoms with Gasteiger partial charge in [-0.1, -0.05) is 30.3 Å². The quantitative estimate of drug-likeness (QED) is 0.863. The van der Waals surface area contributed by atoms with Gasteiger partial charge in [0, 0.05) is 25.3 Å². The summed E-state index contributed by atoms with van der Waals surface area (Å²) in [7, 11) is 3.99. The number of hydrogen-bond acceptors (Lipinski definition) is 3. The summed E-state index contributed by atoms with van der Waals surface area (Å²) in [4.78, 5) is 0. The fourth-order valence-corrected chi connectivity index (χ4v) is 2.91. The molecule has 0 radical (unpaired) electrons. The first-order valence-electron chi connectivity index (χ1n) is 7.46. The van der Waals surface area contributed by atoms with E-state index in [-0.39, 0.29) is 0 Å². The van der Waals surface area contributed by atoms with E-state index in [0.717, 1.165) is 18.5 Å². The van der Waals surface area contributed by atoms with E-state index in [0.29, 0.717) is 0 Å². The molecule has 1 aliphatic rings. The van der Waals surface area contributed by atoms with Gasteiger partial charge >= 0.3 is 0 Å². The molecule has 0 fully saturated rings. The van der Waals surface area contributed by atoms with Gasteiger partial charge in [-0.2, -0.15) is 5.10 Å². The molecular formula is C18H21N3. The van der Waals surface area contributed by atoms with Crippen LogP contribution in [0.4, 0.5) is 11.4 Å². The monoisotopic (exact) mass is 279 g/mol. The molecule has 21 heavy (non-hydrogen) atoms. The SMILES string of the molecule is CNc1cccc2c1/C(=N/N(C)c1ccccc1)CCC2. The van der Waals surface area contributed by atoms with Gasteiger partial charge in [-0.15, -0.1) is 0 Å². The van der Waals surface area contributed by atoms with Gasteiger partial charge in [0.1, 0.15) is 0 Å². The summed E-state index contributed by atoms with van der Waals surface area (Å²) in [6.45, 7) is 0. The second kappa shape index (κ2) is 6.00. The van der Waals surface area contributed by atoms with Crippen molar-refractivity contribution in [2.24, 2.45) is 5.10 Å². The highest BCUT2D eigenvalue weighted by atomic mass is 15.4. The van der Waals surface area contributed by atoms with E-state index in [1.54, 1.807) is 0 Å². The number of anilines is 2. The van der Waals surface area contributed by atoms with Gasteiger partial charge in [-0.25, -0.2) is 0 Å². The first-order chi connectivity index (χ1) is 10.3. The minimum atomic E-state index is 1.03. The lowest BCUT2D eigenvalue weighted by Gasteiger charge is -2.23. The number of fused-ring (bicyclic) bond motifs is 1. The van der Waals surface area contributed by atoms with Crippen molar-refractivity contribution in [3.63, 3.8) is 0 Å². The van der Waals surface area contributed by atoms with Crippen molar-refractivity contribution in [1.82, 2.24) is 0 Å². The van der Waals surface area contributed by atoms with Gasteiger partial charge in [0.05, 0.1) is 11.4 Å². The molecule has 0 saturated heterocycles.